The molecule has 0 N–H and O–H groups in total. The molecule has 0 radical (unpaired) electrons. The van der Waals surface area contributed by atoms with Crippen molar-refractivity contribution in [3.05, 3.63) is 0 Å². The Morgan fingerprint density at radius 3 is 0.750 bits per heavy atom. The van der Waals surface area contributed by atoms with Gasteiger partial charge >= 0.3 is 51.4 Å². The molecule has 0 aliphatic heterocycles. The van der Waals surface area contributed by atoms with Crippen molar-refractivity contribution >= 4 is 24.8 Å². The van der Waals surface area contributed by atoms with Crippen molar-refractivity contribution in [1.82, 2.24) is 0 Å². The molecule has 0 bridgehead atoms. The predicted molar refractivity (Wildman–Crippen MR) is 14.5 cm³/mol. The van der Waals surface area contributed by atoms with Crippen molar-refractivity contribution in [3.8, 4) is 0 Å². The fourth-order valence-corrected chi connectivity index (χ4v) is 0. The average Bonchev–Trinajstić information content (AvgIpc) is 0. The summed E-state index contributed by atoms with van der Waals surface area (Å²) in [4.78, 5) is 0. The largest absolute Gasteiger partial charge is 1.00 e. The first-order valence-electron chi connectivity index (χ1n) is 0. The Labute approximate surface area is 97.7 Å². The van der Waals surface area contributed by atoms with E-state index in [0.29, 0.717) is 0 Å². The van der Waals surface area contributed by atoms with Crippen molar-refractivity contribution in [2.75, 3.05) is 0 Å². The summed E-state index contributed by atoms with van der Waals surface area (Å²) in [7, 11) is 0. The summed E-state index contributed by atoms with van der Waals surface area (Å²) >= 11 is 0. The molecule has 0 aromatic rings. The quantitative estimate of drug-likeness (QED) is 0.293. The van der Waals surface area contributed by atoms with Crippen molar-refractivity contribution < 1.29 is 75.4 Å². The molecule has 0 rings (SSSR count). The van der Waals surface area contributed by atoms with Crippen LogP contribution in [0.4, 0.5) is 0 Å². The maximum absolute atomic E-state index is 0. The van der Waals surface area contributed by atoms with Gasteiger partial charge in [-0.15, -0.1) is 24.8 Å². The van der Waals surface area contributed by atoms with E-state index in [2.05, 4.69) is 0 Å². The minimum atomic E-state index is 0. The van der Waals surface area contributed by atoms with E-state index in [9.17, 15) is 0 Å². The molecule has 0 unspecified atom stereocenters. The van der Waals surface area contributed by atoms with Crippen LogP contribution in [-0.2, 0) is 0 Å². The maximum atomic E-state index is 0. The summed E-state index contributed by atoms with van der Waals surface area (Å²) in [5.74, 6) is 0. The van der Waals surface area contributed by atoms with Crippen molar-refractivity contribution in [3.63, 3.8) is 0 Å². The molecular weight excluding hydrogens is 237 g/mol. The Balaban J connectivity index is 0. The summed E-state index contributed by atoms with van der Waals surface area (Å²) in [6.45, 7) is 0. The molecule has 0 spiro atoms. The van der Waals surface area contributed by atoms with Gasteiger partial charge in [0, 0.05) is 0 Å². The second-order valence-corrected chi connectivity index (χ2v) is 0. The van der Waals surface area contributed by atoms with Gasteiger partial charge < -0.3 is 24.0 Å². The fraction of sp³-hybridized carbons (Fsp3) is 0. The molecule has 0 aliphatic carbocycles. The van der Waals surface area contributed by atoms with Gasteiger partial charge in [-0.2, -0.15) is 0 Å². The monoisotopic (exact) mass is 238 g/mol. The predicted octanol–water partition coefficient (Wildman–Crippen LogP) is -5.15. The third-order valence-electron chi connectivity index (χ3n) is 0. The van der Waals surface area contributed by atoms with Crippen LogP contribution in [0.25, 0.3) is 0 Å². The van der Waals surface area contributed by atoms with Crippen LogP contribution in [0.1, 0.15) is 0 Å². The van der Waals surface area contributed by atoms with Crippen LogP contribution >= 0.6 is 24.8 Å². The van der Waals surface area contributed by atoms with Crippen molar-refractivity contribution in [2.45, 2.75) is 0 Å². The molecule has 0 nitrogen and oxygen atoms in total. The molecule has 0 saturated heterocycles. The van der Waals surface area contributed by atoms with E-state index >= 15 is 0 Å². The maximum Gasteiger partial charge on any atom is 1.00 e. The Morgan fingerprint density at radius 1 is 0.750 bits per heavy atom. The van der Waals surface area contributed by atoms with Gasteiger partial charge in [0.15, 0.2) is 0 Å². The molecular formula is H2Cl2IK. The van der Waals surface area contributed by atoms with Crippen molar-refractivity contribution in [2.24, 2.45) is 0 Å². The smallest absolute Gasteiger partial charge is 1.00 e. The summed E-state index contributed by atoms with van der Waals surface area (Å²) in [6, 6.07) is 0. The average molecular weight is 239 g/mol. The number of hydrogen-bond acceptors (Lipinski definition) is 0. The summed E-state index contributed by atoms with van der Waals surface area (Å²) in [6.07, 6.45) is 0. The zero-order valence-corrected chi connectivity index (χ0v) is 9.11. The fourth-order valence-electron chi connectivity index (χ4n) is 0. The Hall–Kier alpha value is 2.95. The van der Waals surface area contributed by atoms with E-state index in [1.165, 1.54) is 0 Å². The van der Waals surface area contributed by atoms with E-state index in [4.69, 9.17) is 0 Å². The third-order valence-corrected chi connectivity index (χ3v) is 0. The van der Waals surface area contributed by atoms with Gasteiger partial charge in [-0.3, -0.25) is 0 Å². The second kappa shape index (κ2) is 16.8. The van der Waals surface area contributed by atoms with E-state index in [1.54, 1.807) is 0 Å². The molecule has 4 heteroatoms. The van der Waals surface area contributed by atoms with E-state index in [-0.39, 0.29) is 100 Å². The topological polar surface area (TPSA) is 0 Å². The van der Waals surface area contributed by atoms with Crippen molar-refractivity contribution in [1.29, 1.82) is 0 Å². The SMILES string of the molecule is Cl.Cl.[I-].[K+]. The number of rotatable bonds is 0. The molecule has 4 heavy (non-hydrogen) atoms. The Morgan fingerprint density at radius 2 is 0.750 bits per heavy atom. The van der Waals surface area contributed by atoms with E-state index < -0.39 is 0 Å². The minimum Gasteiger partial charge on any atom is -1.00 e. The zero-order chi connectivity index (χ0) is 0. The van der Waals surface area contributed by atoms with E-state index in [0.717, 1.165) is 0 Å². The molecule has 0 aromatic heterocycles. The molecule has 0 heterocycles. The zero-order valence-electron chi connectivity index (χ0n) is 2.19. The van der Waals surface area contributed by atoms with Gasteiger partial charge in [0.05, 0.1) is 0 Å². The van der Waals surface area contributed by atoms with E-state index in [1.807, 2.05) is 0 Å². The first kappa shape index (κ1) is 28.3. The molecule has 0 saturated carbocycles. The van der Waals surface area contributed by atoms with Crippen LogP contribution in [0.2, 0.25) is 0 Å². The van der Waals surface area contributed by atoms with Gasteiger partial charge in [0.2, 0.25) is 0 Å². The van der Waals surface area contributed by atoms with Crippen LogP contribution < -0.4 is 75.4 Å². The number of halogens is 3. The van der Waals surface area contributed by atoms with Gasteiger partial charge in [-0.25, -0.2) is 0 Å². The second-order valence-electron chi connectivity index (χ2n) is 0. The van der Waals surface area contributed by atoms with Crippen LogP contribution in [0, 0.1) is 0 Å². The molecule has 0 atom stereocenters. The van der Waals surface area contributed by atoms with Gasteiger partial charge in [0.1, 0.15) is 0 Å². The van der Waals surface area contributed by atoms with Gasteiger partial charge in [-0.1, -0.05) is 0 Å². The van der Waals surface area contributed by atoms with Gasteiger partial charge in [-0.05, 0) is 0 Å². The first-order chi connectivity index (χ1) is 0. The molecule has 24 valence electrons. The molecule has 0 aliphatic rings. The van der Waals surface area contributed by atoms with Crippen LogP contribution in [0.3, 0.4) is 0 Å². The number of hydrogen-bond donors (Lipinski definition) is 0. The first-order valence-corrected chi connectivity index (χ1v) is 0. The summed E-state index contributed by atoms with van der Waals surface area (Å²) in [5.41, 5.74) is 0. The summed E-state index contributed by atoms with van der Waals surface area (Å²) in [5, 5.41) is 0. The molecule has 0 fully saturated rings. The molecule has 0 amide bonds. The molecule has 0 aromatic carbocycles. The van der Waals surface area contributed by atoms with Gasteiger partial charge in [0.25, 0.3) is 0 Å². The standard InChI is InChI=1S/2ClH.HI.K/h3*1H;/q;;;+1/p-1. The summed E-state index contributed by atoms with van der Waals surface area (Å²) < 4.78 is 0. The minimum absolute atomic E-state index is 0. The van der Waals surface area contributed by atoms with Crippen LogP contribution in [0.5, 0.6) is 0 Å². The van der Waals surface area contributed by atoms with Crippen LogP contribution in [0.15, 0.2) is 0 Å². The third kappa shape index (κ3) is 8.87. The Bertz CT molecular complexity index is 6.00. The van der Waals surface area contributed by atoms with Crippen LogP contribution in [-0.4, -0.2) is 0 Å². The normalized spacial score (nSPS) is 0. The Kier molecular flexibility index (Phi) is 119.